The highest BCUT2D eigenvalue weighted by Crippen LogP contribution is 2.33. The van der Waals surface area contributed by atoms with E-state index in [1.54, 1.807) is 23.3 Å². The summed E-state index contributed by atoms with van der Waals surface area (Å²) in [6.07, 6.45) is -3.67. The molecule has 0 radical (unpaired) electrons. The molecule has 1 aliphatic rings. The van der Waals surface area contributed by atoms with Gasteiger partial charge in [0.05, 0.1) is 23.7 Å². The van der Waals surface area contributed by atoms with E-state index >= 15 is 0 Å². The Morgan fingerprint density at radius 3 is 2.61 bits per heavy atom. The van der Waals surface area contributed by atoms with E-state index in [0.717, 1.165) is 17.1 Å². The number of aromatic nitrogens is 1. The van der Waals surface area contributed by atoms with Crippen LogP contribution < -0.4 is 4.90 Å². The quantitative estimate of drug-likeness (QED) is 0.723. The Labute approximate surface area is 170 Å². The lowest BCUT2D eigenvalue weighted by atomic mass is 10.2. The van der Waals surface area contributed by atoms with Gasteiger partial charge in [0, 0.05) is 44.3 Å². The normalized spacial score (nSPS) is 15.7. The van der Waals surface area contributed by atoms with Crippen molar-refractivity contribution < 1.29 is 18.0 Å². The number of hydrogen-bond donors (Lipinski definition) is 0. The summed E-state index contributed by atoms with van der Waals surface area (Å²) in [4.78, 5) is 23.0. The predicted octanol–water partition coefficient (Wildman–Crippen LogP) is 3.60. The lowest BCUT2D eigenvalue weighted by Crippen LogP contribution is -2.50. The number of thiophene rings is 1. The first kappa shape index (κ1) is 20.9. The van der Waals surface area contributed by atoms with Gasteiger partial charge in [0.25, 0.3) is 0 Å². The fourth-order valence-corrected chi connectivity index (χ4v) is 4.02. The molecule has 1 amide bonds. The van der Waals surface area contributed by atoms with Crippen molar-refractivity contribution in [2.45, 2.75) is 12.7 Å². The van der Waals surface area contributed by atoms with Gasteiger partial charge in [0.1, 0.15) is 5.82 Å². The molecule has 0 bridgehead atoms. The molecule has 10 heteroatoms. The molecular weight excluding hydrogens is 413 g/mol. The molecule has 1 aliphatic heterocycles. The molecule has 0 aliphatic carbocycles. The lowest BCUT2D eigenvalue weighted by molar-refractivity contribution is -0.137. The number of anilines is 1. The minimum absolute atomic E-state index is 0.0185. The number of carbonyl (C=O) groups is 1. The Kier molecular flexibility index (Phi) is 6.47. The van der Waals surface area contributed by atoms with Crippen molar-refractivity contribution >= 4 is 34.7 Å². The number of alkyl halides is 3. The summed E-state index contributed by atoms with van der Waals surface area (Å²) in [6, 6.07) is 4.85. The average Bonchev–Trinajstić information content (AvgIpc) is 3.14. The van der Waals surface area contributed by atoms with Crippen LogP contribution in [-0.2, 0) is 17.5 Å². The Balaban J connectivity index is 1.52. The Morgan fingerprint density at radius 2 is 2.04 bits per heavy atom. The largest absolute Gasteiger partial charge is 0.417 e. The van der Waals surface area contributed by atoms with Gasteiger partial charge in [0.15, 0.2) is 0 Å². The lowest BCUT2D eigenvalue weighted by Gasteiger charge is -2.36. The zero-order chi connectivity index (χ0) is 20.3. The highest BCUT2D eigenvalue weighted by molar-refractivity contribution is 7.09. The molecule has 5 nitrogen and oxygen atoms in total. The zero-order valence-corrected chi connectivity index (χ0v) is 16.8. The standard InChI is InChI=1S/C18H20ClF3N4OS/c1-24(11-14-3-2-8-28-14)16(27)12-25-4-6-26(7-5-25)17-15(19)9-13(10-23-17)18(20,21)22/h2-3,8-10H,4-7,11-12H2,1H3. The van der Waals surface area contributed by atoms with Gasteiger partial charge in [-0.1, -0.05) is 17.7 Å². The van der Waals surface area contributed by atoms with E-state index in [0.29, 0.717) is 45.1 Å². The minimum atomic E-state index is -4.47. The van der Waals surface area contributed by atoms with Crippen molar-refractivity contribution in [3.8, 4) is 0 Å². The van der Waals surface area contributed by atoms with Gasteiger partial charge in [-0.15, -0.1) is 11.3 Å². The van der Waals surface area contributed by atoms with Crippen LogP contribution in [0.15, 0.2) is 29.8 Å². The average molecular weight is 433 g/mol. The third kappa shape index (κ3) is 5.15. The maximum absolute atomic E-state index is 12.7. The molecule has 0 unspecified atom stereocenters. The van der Waals surface area contributed by atoms with Crippen LogP contribution in [0.4, 0.5) is 19.0 Å². The molecule has 0 aromatic carbocycles. The first-order valence-corrected chi connectivity index (χ1v) is 9.96. The van der Waals surface area contributed by atoms with E-state index in [1.807, 2.05) is 27.3 Å². The number of rotatable bonds is 5. The summed E-state index contributed by atoms with van der Waals surface area (Å²) in [7, 11) is 1.78. The van der Waals surface area contributed by atoms with Crippen LogP contribution in [0.5, 0.6) is 0 Å². The summed E-state index contributed by atoms with van der Waals surface area (Å²) >= 11 is 7.63. The van der Waals surface area contributed by atoms with Gasteiger partial charge in [0.2, 0.25) is 5.91 Å². The van der Waals surface area contributed by atoms with Gasteiger partial charge >= 0.3 is 6.18 Å². The Hall–Kier alpha value is -1.84. The molecular formula is C18H20ClF3N4OS. The van der Waals surface area contributed by atoms with E-state index in [1.165, 1.54) is 0 Å². The number of nitrogens with zero attached hydrogens (tertiary/aromatic N) is 4. The number of amides is 1. The summed E-state index contributed by atoms with van der Waals surface area (Å²) in [5.41, 5.74) is -0.862. The van der Waals surface area contributed by atoms with Crippen LogP contribution in [0.2, 0.25) is 5.02 Å². The molecule has 1 saturated heterocycles. The summed E-state index contributed by atoms with van der Waals surface area (Å²) in [6.45, 7) is 3.20. The van der Waals surface area contributed by atoms with Crippen LogP contribution in [0.25, 0.3) is 0 Å². The molecule has 0 N–H and O–H groups in total. The van der Waals surface area contributed by atoms with Crippen molar-refractivity contribution in [2.75, 3.05) is 44.7 Å². The number of halogens is 4. The molecule has 2 aromatic heterocycles. The van der Waals surface area contributed by atoms with E-state index in [4.69, 9.17) is 11.6 Å². The monoisotopic (exact) mass is 432 g/mol. The fourth-order valence-electron chi connectivity index (χ4n) is 2.97. The zero-order valence-electron chi connectivity index (χ0n) is 15.2. The van der Waals surface area contributed by atoms with Crippen molar-refractivity contribution in [3.05, 3.63) is 45.2 Å². The molecule has 0 spiro atoms. The van der Waals surface area contributed by atoms with E-state index in [-0.39, 0.29) is 10.9 Å². The fraction of sp³-hybridized carbons (Fsp3) is 0.444. The third-order valence-electron chi connectivity index (χ3n) is 4.58. The van der Waals surface area contributed by atoms with Crippen LogP contribution in [0.3, 0.4) is 0 Å². The molecule has 3 rings (SSSR count). The van der Waals surface area contributed by atoms with Gasteiger partial charge in [-0.25, -0.2) is 4.98 Å². The van der Waals surface area contributed by atoms with Crippen molar-refractivity contribution in [2.24, 2.45) is 0 Å². The van der Waals surface area contributed by atoms with Crippen LogP contribution in [0.1, 0.15) is 10.4 Å². The summed E-state index contributed by atoms with van der Waals surface area (Å²) < 4.78 is 38.2. The highest BCUT2D eigenvalue weighted by atomic mass is 35.5. The van der Waals surface area contributed by atoms with E-state index < -0.39 is 11.7 Å². The first-order chi connectivity index (χ1) is 13.2. The second kappa shape index (κ2) is 8.67. The number of carbonyl (C=O) groups excluding carboxylic acids is 1. The SMILES string of the molecule is CN(Cc1cccs1)C(=O)CN1CCN(c2ncc(C(F)(F)F)cc2Cl)CC1. The van der Waals surface area contributed by atoms with Crippen LogP contribution in [-0.4, -0.2) is 60.5 Å². The Morgan fingerprint density at radius 1 is 1.32 bits per heavy atom. The maximum Gasteiger partial charge on any atom is 0.417 e. The van der Waals surface area contributed by atoms with Crippen molar-refractivity contribution in [3.63, 3.8) is 0 Å². The Bertz CT molecular complexity index is 808. The van der Waals surface area contributed by atoms with Crippen LogP contribution >= 0.6 is 22.9 Å². The predicted molar refractivity (Wildman–Crippen MR) is 104 cm³/mol. The topological polar surface area (TPSA) is 39.7 Å². The van der Waals surface area contributed by atoms with Crippen molar-refractivity contribution in [1.29, 1.82) is 0 Å². The number of pyridine rings is 1. The molecule has 0 atom stereocenters. The molecule has 28 heavy (non-hydrogen) atoms. The first-order valence-electron chi connectivity index (χ1n) is 8.70. The van der Waals surface area contributed by atoms with Crippen LogP contribution in [0, 0.1) is 0 Å². The summed E-state index contributed by atoms with van der Waals surface area (Å²) in [5, 5.41) is 1.96. The third-order valence-corrected chi connectivity index (χ3v) is 5.72. The maximum atomic E-state index is 12.7. The smallest absolute Gasteiger partial charge is 0.353 e. The minimum Gasteiger partial charge on any atom is -0.353 e. The molecule has 1 fully saturated rings. The van der Waals surface area contributed by atoms with E-state index in [9.17, 15) is 18.0 Å². The molecule has 0 saturated carbocycles. The van der Waals surface area contributed by atoms with E-state index in [2.05, 4.69) is 4.98 Å². The van der Waals surface area contributed by atoms with Gasteiger partial charge in [-0.05, 0) is 17.5 Å². The number of piperazine rings is 1. The van der Waals surface area contributed by atoms with Gasteiger partial charge in [-0.2, -0.15) is 13.2 Å². The summed E-state index contributed by atoms with van der Waals surface area (Å²) in [5.74, 6) is 0.378. The van der Waals surface area contributed by atoms with Gasteiger partial charge in [-0.3, -0.25) is 9.69 Å². The second-order valence-electron chi connectivity index (χ2n) is 6.62. The molecule has 3 heterocycles. The number of hydrogen-bond acceptors (Lipinski definition) is 5. The number of likely N-dealkylation sites (N-methyl/N-ethyl adjacent to an activating group) is 1. The highest BCUT2D eigenvalue weighted by Gasteiger charge is 2.32. The van der Waals surface area contributed by atoms with Crippen molar-refractivity contribution in [1.82, 2.24) is 14.8 Å². The molecule has 2 aromatic rings. The van der Waals surface area contributed by atoms with Gasteiger partial charge < -0.3 is 9.80 Å². The second-order valence-corrected chi connectivity index (χ2v) is 8.06. The molecule has 152 valence electrons.